The van der Waals surface area contributed by atoms with Gasteiger partial charge < -0.3 is 24.4 Å². The van der Waals surface area contributed by atoms with Gasteiger partial charge in [-0.25, -0.2) is 0 Å². The maximum atomic E-state index is 12.8. The van der Waals surface area contributed by atoms with Crippen molar-refractivity contribution in [2.24, 2.45) is 0 Å². The lowest BCUT2D eigenvalue weighted by Crippen LogP contribution is -2.34. The predicted molar refractivity (Wildman–Crippen MR) is 122 cm³/mol. The van der Waals surface area contributed by atoms with Crippen molar-refractivity contribution in [1.29, 1.82) is 0 Å². The number of hydrogen-bond donors (Lipinski definition) is 1. The number of methoxy groups -OCH3 is 2. The van der Waals surface area contributed by atoms with Crippen molar-refractivity contribution in [1.82, 2.24) is 4.90 Å². The summed E-state index contributed by atoms with van der Waals surface area (Å²) in [5.74, 6) is 0.990. The van der Waals surface area contributed by atoms with Crippen molar-refractivity contribution in [2.45, 2.75) is 6.61 Å². The Balaban J connectivity index is 1.62. The number of likely N-dealkylation sites (N-methyl/N-ethyl adjacent to an activating group) is 1. The molecule has 2 amide bonds. The molecular formula is C25H26N2O5. The van der Waals surface area contributed by atoms with Gasteiger partial charge in [0.15, 0.2) is 11.5 Å². The highest BCUT2D eigenvalue weighted by molar-refractivity contribution is 5.99. The van der Waals surface area contributed by atoms with Crippen LogP contribution < -0.4 is 19.5 Å². The highest BCUT2D eigenvalue weighted by Gasteiger charge is 2.17. The van der Waals surface area contributed by atoms with Gasteiger partial charge in [0.05, 0.1) is 20.8 Å². The monoisotopic (exact) mass is 434 g/mol. The molecule has 7 heteroatoms. The molecule has 3 rings (SSSR count). The summed E-state index contributed by atoms with van der Waals surface area (Å²) in [5.41, 5.74) is 2.01. The van der Waals surface area contributed by atoms with E-state index in [2.05, 4.69) is 5.32 Å². The zero-order valence-electron chi connectivity index (χ0n) is 18.3. The molecule has 3 aromatic rings. The van der Waals surface area contributed by atoms with E-state index in [1.807, 2.05) is 30.3 Å². The van der Waals surface area contributed by atoms with E-state index >= 15 is 0 Å². The molecule has 0 saturated heterocycles. The van der Waals surface area contributed by atoms with Gasteiger partial charge >= 0.3 is 0 Å². The fraction of sp³-hybridized carbons (Fsp3) is 0.200. The number of nitrogens with zero attached hydrogens (tertiary/aromatic N) is 1. The van der Waals surface area contributed by atoms with E-state index in [9.17, 15) is 9.59 Å². The second kappa shape index (κ2) is 10.9. The molecule has 3 aromatic carbocycles. The highest BCUT2D eigenvalue weighted by atomic mass is 16.5. The van der Waals surface area contributed by atoms with Crippen LogP contribution in [-0.2, 0) is 11.4 Å². The fourth-order valence-electron chi connectivity index (χ4n) is 3.06. The minimum absolute atomic E-state index is 0.107. The van der Waals surface area contributed by atoms with Crippen molar-refractivity contribution in [2.75, 3.05) is 33.1 Å². The van der Waals surface area contributed by atoms with E-state index in [1.54, 1.807) is 56.6 Å². The van der Waals surface area contributed by atoms with Gasteiger partial charge in [0.1, 0.15) is 12.4 Å². The molecule has 1 N–H and O–H groups in total. The largest absolute Gasteiger partial charge is 0.497 e. The van der Waals surface area contributed by atoms with E-state index in [1.165, 1.54) is 12.0 Å². The lowest BCUT2D eigenvalue weighted by molar-refractivity contribution is -0.116. The third-order valence-electron chi connectivity index (χ3n) is 4.73. The summed E-state index contributed by atoms with van der Waals surface area (Å²) in [5, 5.41) is 2.76. The first-order chi connectivity index (χ1) is 15.5. The quantitative estimate of drug-likeness (QED) is 0.551. The second-order valence-electron chi connectivity index (χ2n) is 7.08. The highest BCUT2D eigenvalue weighted by Crippen LogP contribution is 2.29. The van der Waals surface area contributed by atoms with Gasteiger partial charge in [-0.2, -0.15) is 0 Å². The summed E-state index contributed by atoms with van der Waals surface area (Å²) in [4.78, 5) is 26.5. The van der Waals surface area contributed by atoms with Gasteiger partial charge in [0.2, 0.25) is 5.91 Å². The Bertz CT molecular complexity index is 1070. The molecule has 0 heterocycles. The van der Waals surface area contributed by atoms with Gasteiger partial charge in [-0.05, 0) is 35.9 Å². The summed E-state index contributed by atoms with van der Waals surface area (Å²) >= 11 is 0. The Morgan fingerprint density at radius 1 is 0.875 bits per heavy atom. The molecule has 0 fully saturated rings. The first kappa shape index (κ1) is 22.7. The van der Waals surface area contributed by atoms with Crippen molar-refractivity contribution in [3.63, 3.8) is 0 Å². The number of anilines is 1. The summed E-state index contributed by atoms with van der Waals surface area (Å²) in [6.45, 7) is 0.277. The summed E-state index contributed by atoms with van der Waals surface area (Å²) < 4.78 is 16.4. The number of nitrogens with one attached hydrogen (secondary N) is 1. The van der Waals surface area contributed by atoms with Crippen LogP contribution in [0.1, 0.15) is 15.9 Å². The van der Waals surface area contributed by atoms with Crippen molar-refractivity contribution in [3.05, 3.63) is 83.9 Å². The molecule has 0 aliphatic carbocycles. The molecule has 0 spiro atoms. The molecular weight excluding hydrogens is 408 g/mol. The van der Waals surface area contributed by atoms with E-state index in [0.29, 0.717) is 35.1 Å². The van der Waals surface area contributed by atoms with Gasteiger partial charge in [-0.1, -0.05) is 36.4 Å². The third kappa shape index (κ3) is 6.01. The topological polar surface area (TPSA) is 77.1 Å². The minimum atomic E-state index is -0.316. The Kier molecular flexibility index (Phi) is 7.70. The summed E-state index contributed by atoms with van der Waals surface area (Å²) in [6, 6.07) is 21.7. The fourth-order valence-corrected chi connectivity index (χ4v) is 3.06. The maximum Gasteiger partial charge on any atom is 0.254 e. The van der Waals surface area contributed by atoms with Crippen molar-refractivity contribution >= 4 is 17.5 Å². The Morgan fingerprint density at radius 3 is 2.38 bits per heavy atom. The molecule has 7 nitrogen and oxygen atoms in total. The zero-order valence-corrected chi connectivity index (χ0v) is 18.3. The lowest BCUT2D eigenvalue weighted by atomic mass is 10.1. The molecule has 0 unspecified atom stereocenters. The molecule has 0 aromatic heterocycles. The van der Waals surface area contributed by atoms with Gasteiger partial charge in [-0.3, -0.25) is 9.59 Å². The molecule has 32 heavy (non-hydrogen) atoms. The van der Waals surface area contributed by atoms with Crippen LogP contribution in [0.15, 0.2) is 72.8 Å². The first-order valence-corrected chi connectivity index (χ1v) is 10.0. The van der Waals surface area contributed by atoms with Crippen LogP contribution in [0, 0.1) is 0 Å². The minimum Gasteiger partial charge on any atom is -0.497 e. The first-order valence-electron chi connectivity index (χ1n) is 10.0. The Labute approximate surface area is 187 Å². The van der Waals surface area contributed by atoms with Crippen LogP contribution in [0.4, 0.5) is 5.69 Å². The van der Waals surface area contributed by atoms with Crippen molar-refractivity contribution < 1.29 is 23.8 Å². The van der Waals surface area contributed by atoms with Crippen LogP contribution in [0.25, 0.3) is 0 Å². The van der Waals surface area contributed by atoms with Crippen LogP contribution in [0.5, 0.6) is 17.2 Å². The van der Waals surface area contributed by atoms with E-state index in [4.69, 9.17) is 14.2 Å². The Morgan fingerprint density at radius 2 is 1.66 bits per heavy atom. The van der Waals surface area contributed by atoms with Gasteiger partial charge in [0, 0.05) is 24.4 Å². The SMILES string of the molecule is COc1cccc(NC(=O)CN(C)C(=O)c2ccc(OCc3ccccc3)c(OC)c2)c1. The average Bonchev–Trinajstić information content (AvgIpc) is 2.82. The van der Waals surface area contributed by atoms with E-state index in [0.717, 1.165) is 5.56 Å². The molecule has 0 saturated carbocycles. The number of ether oxygens (including phenoxy) is 3. The van der Waals surface area contributed by atoms with Crippen LogP contribution in [0.2, 0.25) is 0 Å². The van der Waals surface area contributed by atoms with E-state index < -0.39 is 0 Å². The summed E-state index contributed by atoms with van der Waals surface area (Å²) in [6.07, 6.45) is 0. The number of hydrogen-bond acceptors (Lipinski definition) is 5. The predicted octanol–water partition coefficient (Wildman–Crippen LogP) is 3.99. The molecule has 0 bridgehead atoms. The number of carbonyl (C=O) groups excluding carboxylic acids is 2. The number of amides is 2. The van der Waals surface area contributed by atoms with Gasteiger partial charge in [0.25, 0.3) is 5.91 Å². The lowest BCUT2D eigenvalue weighted by Gasteiger charge is -2.18. The Hall–Kier alpha value is -4.00. The summed E-state index contributed by atoms with van der Waals surface area (Å²) in [7, 11) is 4.64. The normalized spacial score (nSPS) is 10.2. The smallest absolute Gasteiger partial charge is 0.254 e. The third-order valence-corrected chi connectivity index (χ3v) is 4.73. The number of benzene rings is 3. The molecule has 0 atom stereocenters. The average molecular weight is 434 g/mol. The van der Waals surface area contributed by atoms with Gasteiger partial charge in [-0.15, -0.1) is 0 Å². The number of carbonyl (C=O) groups is 2. The number of rotatable bonds is 9. The molecule has 0 aliphatic heterocycles. The van der Waals surface area contributed by atoms with Crippen LogP contribution in [0.3, 0.4) is 0 Å². The van der Waals surface area contributed by atoms with E-state index in [-0.39, 0.29) is 18.4 Å². The molecule has 0 radical (unpaired) electrons. The maximum absolute atomic E-state index is 12.8. The van der Waals surface area contributed by atoms with Crippen molar-refractivity contribution in [3.8, 4) is 17.2 Å². The van der Waals surface area contributed by atoms with Crippen LogP contribution in [-0.4, -0.2) is 44.5 Å². The zero-order chi connectivity index (χ0) is 22.9. The van der Waals surface area contributed by atoms with Crippen LogP contribution >= 0.6 is 0 Å². The molecule has 166 valence electrons. The molecule has 0 aliphatic rings. The standard InChI is InChI=1S/C25H26N2O5/c1-27(16-24(28)26-20-10-7-11-21(15-20)30-2)25(29)19-12-13-22(23(14-19)31-3)32-17-18-8-5-4-6-9-18/h4-15H,16-17H2,1-3H3,(H,26,28). The second-order valence-corrected chi connectivity index (χ2v) is 7.08.